The molecule has 1 heterocycles. The van der Waals surface area contributed by atoms with E-state index in [2.05, 4.69) is 15.5 Å². The Morgan fingerprint density at radius 1 is 1.71 bits per heavy atom. The molecule has 7 heteroatoms. The monoisotopic (exact) mass is 197 g/mol. The molecule has 0 saturated heterocycles. The lowest BCUT2D eigenvalue weighted by atomic mass is 10.3. The molecule has 0 unspecified atom stereocenters. The van der Waals surface area contributed by atoms with Crippen LogP contribution in [0.3, 0.4) is 0 Å². The minimum absolute atomic E-state index is 0.229. The number of nitrogens with zero attached hydrogens (tertiary/aromatic N) is 2. The molecule has 0 fully saturated rings. The highest BCUT2D eigenvalue weighted by Gasteiger charge is 2.05. The number of hydrogen-bond donors (Lipinski definition) is 3. The molecule has 0 aliphatic carbocycles. The first-order chi connectivity index (χ1) is 6.63. The molecule has 0 bridgehead atoms. The first-order valence-electron chi connectivity index (χ1n) is 3.69. The number of carbonyl (C=O) groups is 1. The third kappa shape index (κ3) is 2.47. The largest absolute Gasteiger partial charge is 0.342 e. The number of nitrogens with one attached hydrogen (secondary N) is 3. The second-order valence-electron chi connectivity index (χ2n) is 2.50. The smallest absolute Gasteiger partial charge is 0.291 e. The van der Waals surface area contributed by atoms with Crippen LogP contribution in [-0.2, 0) is 0 Å². The van der Waals surface area contributed by atoms with Gasteiger partial charge in [0.1, 0.15) is 11.6 Å². The predicted molar refractivity (Wildman–Crippen MR) is 46.2 cm³/mol. The van der Waals surface area contributed by atoms with Gasteiger partial charge in [0.15, 0.2) is 0 Å². The van der Waals surface area contributed by atoms with Gasteiger partial charge in [-0.25, -0.2) is 19.6 Å². The van der Waals surface area contributed by atoms with E-state index >= 15 is 0 Å². The molecule has 1 rings (SSSR count). The second-order valence-corrected chi connectivity index (χ2v) is 2.50. The normalized spacial score (nSPS) is 9.29. The van der Waals surface area contributed by atoms with E-state index < -0.39 is 11.8 Å². The summed E-state index contributed by atoms with van der Waals surface area (Å²) in [7, 11) is 0. The number of aryl methyl sites for hydroxylation is 1. The van der Waals surface area contributed by atoms with Crippen molar-refractivity contribution in [2.75, 3.05) is 5.32 Å². The van der Waals surface area contributed by atoms with Crippen molar-refractivity contribution in [2.24, 2.45) is 5.22 Å². The van der Waals surface area contributed by atoms with Crippen molar-refractivity contribution in [1.82, 2.24) is 10.4 Å². The van der Waals surface area contributed by atoms with Gasteiger partial charge in [0, 0.05) is 0 Å². The van der Waals surface area contributed by atoms with Crippen molar-refractivity contribution in [1.29, 1.82) is 5.53 Å². The lowest BCUT2D eigenvalue weighted by Crippen LogP contribution is -2.24. The summed E-state index contributed by atoms with van der Waals surface area (Å²) in [5.41, 5.74) is 8.69. The van der Waals surface area contributed by atoms with E-state index in [0.717, 1.165) is 6.20 Å². The van der Waals surface area contributed by atoms with E-state index in [9.17, 15) is 9.18 Å². The molecule has 74 valence electrons. The van der Waals surface area contributed by atoms with E-state index in [1.165, 1.54) is 6.07 Å². The number of pyridine rings is 1. The maximum atomic E-state index is 12.6. The Kier molecular flexibility index (Phi) is 3.05. The zero-order valence-corrected chi connectivity index (χ0v) is 7.34. The SMILES string of the molecule is Cc1cc(F)cnc1NC(=O)NN=N. The highest BCUT2D eigenvalue weighted by Crippen LogP contribution is 2.11. The van der Waals surface area contributed by atoms with Gasteiger partial charge in [-0.3, -0.25) is 5.32 Å². The Morgan fingerprint density at radius 2 is 2.43 bits per heavy atom. The fourth-order valence-electron chi connectivity index (χ4n) is 0.858. The maximum absolute atomic E-state index is 12.6. The van der Waals surface area contributed by atoms with Gasteiger partial charge in [0.25, 0.3) is 0 Å². The van der Waals surface area contributed by atoms with Gasteiger partial charge in [-0.15, -0.1) is 0 Å². The summed E-state index contributed by atoms with van der Waals surface area (Å²) in [6.07, 6.45) is 0.987. The zero-order chi connectivity index (χ0) is 10.6. The number of amides is 2. The third-order valence-corrected chi connectivity index (χ3v) is 1.43. The maximum Gasteiger partial charge on any atom is 0.342 e. The first kappa shape index (κ1) is 10.0. The van der Waals surface area contributed by atoms with E-state index in [-0.39, 0.29) is 5.82 Å². The van der Waals surface area contributed by atoms with Crippen molar-refractivity contribution >= 4 is 11.8 Å². The summed E-state index contributed by atoms with van der Waals surface area (Å²) >= 11 is 0. The van der Waals surface area contributed by atoms with Gasteiger partial charge in [-0.05, 0) is 18.6 Å². The number of rotatable bonds is 2. The Hall–Kier alpha value is -2.05. The summed E-state index contributed by atoms with van der Waals surface area (Å²) in [5.74, 6) is -0.244. The van der Waals surface area contributed by atoms with Crippen molar-refractivity contribution < 1.29 is 9.18 Å². The molecular weight excluding hydrogens is 189 g/mol. The van der Waals surface area contributed by atoms with Crippen molar-refractivity contribution in [2.45, 2.75) is 6.92 Å². The standard InChI is InChI=1S/C7H8FN5O/c1-4-2-5(8)3-10-6(4)11-7(14)12-13-9/h2-3H,1H3,(H3,9,10,11,12,14). The van der Waals surface area contributed by atoms with E-state index in [4.69, 9.17) is 5.53 Å². The predicted octanol–water partition coefficient (Wildman–Crippen LogP) is 1.60. The van der Waals surface area contributed by atoms with Gasteiger partial charge in [-0.1, -0.05) is 5.22 Å². The molecule has 3 N–H and O–H groups in total. The molecule has 6 nitrogen and oxygen atoms in total. The molecule has 0 atom stereocenters. The summed E-state index contributed by atoms with van der Waals surface area (Å²) in [6.45, 7) is 1.60. The van der Waals surface area contributed by atoms with E-state index in [1.54, 1.807) is 6.92 Å². The van der Waals surface area contributed by atoms with Gasteiger partial charge in [0.2, 0.25) is 0 Å². The number of anilines is 1. The van der Waals surface area contributed by atoms with Crippen molar-refractivity contribution in [3.63, 3.8) is 0 Å². The fourth-order valence-corrected chi connectivity index (χ4v) is 0.858. The molecule has 0 aromatic carbocycles. The Morgan fingerprint density at radius 3 is 3.00 bits per heavy atom. The van der Waals surface area contributed by atoms with Crippen LogP contribution in [0.5, 0.6) is 0 Å². The molecule has 0 aliphatic rings. The second kappa shape index (κ2) is 4.26. The first-order valence-corrected chi connectivity index (χ1v) is 3.69. The number of hydrogen-bond acceptors (Lipinski definition) is 4. The van der Waals surface area contributed by atoms with Crippen LogP contribution in [0.2, 0.25) is 0 Å². The van der Waals surface area contributed by atoms with Crippen LogP contribution in [0.4, 0.5) is 15.0 Å². The molecule has 0 spiro atoms. The van der Waals surface area contributed by atoms with Crippen LogP contribution in [0.15, 0.2) is 17.5 Å². The molecule has 1 aromatic heterocycles. The Bertz CT molecular complexity index is 367. The van der Waals surface area contributed by atoms with Gasteiger partial charge < -0.3 is 0 Å². The summed E-state index contributed by atoms with van der Waals surface area (Å²) in [4.78, 5) is 14.5. The summed E-state index contributed by atoms with van der Waals surface area (Å²) in [6, 6.07) is 0.544. The Labute approximate surface area is 79.0 Å². The number of carbonyl (C=O) groups excluding carboxylic acids is 1. The van der Waals surface area contributed by atoms with E-state index in [1.807, 2.05) is 5.43 Å². The molecule has 14 heavy (non-hydrogen) atoms. The lowest BCUT2D eigenvalue weighted by molar-refractivity contribution is 0.251. The minimum atomic E-state index is -0.692. The zero-order valence-electron chi connectivity index (χ0n) is 7.34. The van der Waals surface area contributed by atoms with Crippen LogP contribution < -0.4 is 10.7 Å². The summed E-state index contributed by atoms with van der Waals surface area (Å²) < 4.78 is 12.6. The number of urea groups is 1. The molecule has 0 saturated carbocycles. The van der Waals surface area contributed by atoms with Gasteiger partial charge in [-0.2, -0.15) is 5.53 Å². The van der Waals surface area contributed by atoms with Crippen LogP contribution >= 0.6 is 0 Å². The van der Waals surface area contributed by atoms with Crippen molar-refractivity contribution in [3.05, 3.63) is 23.6 Å². The highest BCUT2D eigenvalue weighted by atomic mass is 19.1. The number of halogens is 1. The molecule has 0 aliphatic heterocycles. The molecule has 1 aromatic rings. The minimum Gasteiger partial charge on any atom is -0.291 e. The van der Waals surface area contributed by atoms with Crippen LogP contribution in [0, 0.1) is 18.3 Å². The Balaban J connectivity index is 2.76. The average molecular weight is 197 g/mol. The highest BCUT2D eigenvalue weighted by molar-refractivity contribution is 5.88. The topological polar surface area (TPSA) is 90.2 Å². The summed E-state index contributed by atoms with van der Waals surface area (Å²) in [5, 5.41) is 4.96. The van der Waals surface area contributed by atoms with Crippen LogP contribution in [0.1, 0.15) is 5.56 Å². The van der Waals surface area contributed by atoms with Gasteiger partial charge >= 0.3 is 6.03 Å². The van der Waals surface area contributed by atoms with Crippen molar-refractivity contribution in [3.8, 4) is 0 Å². The average Bonchev–Trinajstić information content (AvgIpc) is 2.10. The van der Waals surface area contributed by atoms with Crippen LogP contribution in [0.25, 0.3) is 0 Å². The van der Waals surface area contributed by atoms with E-state index in [0.29, 0.717) is 5.56 Å². The van der Waals surface area contributed by atoms with Crippen LogP contribution in [-0.4, -0.2) is 11.0 Å². The number of aromatic nitrogens is 1. The molecule has 0 radical (unpaired) electrons. The quantitative estimate of drug-likeness (QED) is 0.496. The molecular formula is C7H8FN5O. The molecule has 2 amide bonds. The van der Waals surface area contributed by atoms with Gasteiger partial charge in [0.05, 0.1) is 6.20 Å². The fraction of sp³-hybridized carbons (Fsp3) is 0.143. The third-order valence-electron chi connectivity index (χ3n) is 1.43. The lowest BCUT2D eigenvalue weighted by Gasteiger charge is -2.05.